The van der Waals surface area contributed by atoms with Crippen LogP contribution in [0.5, 0.6) is 0 Å². The maximum atomic E-state index is 12.7. The van der Waals surface area contributed by atoms with Crippen LogP contribution in [0.4, 0.5) is 0 Å². The molecule has 0 aromatic heterocycles. The molecule has 0 radical (unpaired) electrons. The Kier molecular flexibility index (Phi) is 54.8. The number of ether oxygens (including phenoxy) is 2. The van der Waals surface area contributed by atoms with Gasteiger partial charge in [-0.2, -0.15) is 0 Å². The van der Waals surface area contributed by atoms with Gasteiger partial charge in [-0.3, -0.25) is 18.6 Å². The van der Waals surface area contributed by atoms with Crippen LogP contribution in [-0.2, 0) is 32.7 Å². The molecule has 2 atom stereocenters. The van der Waals surface area contributed by atoms with E-state index in [0.29, 0.717) is 6.42 Å². The minimum Gasteiger partial charge on any atom is -0.462 e. The maximum Gasteiger partial charge on any atom is 0.472 e. The molecule has 0 aliphatic rings. The van der Waals surface area contributed by atoms with E-state index in [4.69, 9.17) is 24.3 Å². The quantitative estimate of drug-likeness (QED) is 0.0264. The fourth-order valence-corrected chi connectivity index (χ4v) is 8.33. The lowest BCUT2D eigenvalue weighted by Gasteiger charge is -2.19. The Morgan fingerprint density at radius 3 is 1.12 bits per heavy atom. The fraction of sp³-hybridized carbons (Fsp3) is 0.651. The minimum absolute atomic E-state index is 0.0436. The van der Waals surface area contributed by atoms with Crippen LogP contribution >= 0.6 is 7.82 Å². The highest BCUT2D eigenvalue weighted by molar-refractivity contribution is 7.47. The van der Waals surface area contributed by atoms with Crippen molar-refractivity contribution in [3.8, 4) is 0 Å². The van der Waals surface area contributed by atoms with E-state index in [0.717, 1.165) is 116 Å². The zero-order valence-electron chi connectivity index (χ0n) is 46.3. The average Bonchev–Trinajstić information content (AvgIpc) is 3.38. The summed E-state index contributed by atoms with van der Waals surface area (Å²) in [4.78, 5) is 35.2. The van der Waals surface area contributed by atoms with Crippen molar-refractivity contribution in [3.05, 3.63) is 122 Å². The summed E-state index contributed by atoms with van der Waals surface area (Å²) in [5.74, 6) is -0.855. The van der Waals surface area contributed by atoms with E-state index >= 15 is 0 Å². The second kappa shape index (κ2) is 57.7. The zero-order chi connectivity index (χ0) is 53.1. The molecule has 0 fully saturated rings. The molecule has 0 saturated carbocycles. The lowest BCUT2D eigenvalue weighted by Crippen LogP contribution is -2.29. The van der Waals surface area contributed by atoms with Gasteiger partial charge in [0.2, 0.25) is 0 Å². The number of unbranched alkanes of at least 4 members (excludes halogenated alkanes) is 20. The minimum atomic E-state index is -4.40. The van der Waals surface area contributed by atoms with Gasteiger partial charge in [-0.1, -0.05) is 232 Å². The summed E-state index contributed by atoms with van der Waals surface area (Å²) in [5, 5.41) is 0. The van der Waals surface area contributed by atoms with Crippen molar-refractivity contribution in [2.75, 3.05) is 26.4 Å². The van der Waals surface area contributed by atoms with Gasteiger partial charge in [0.25, 0.3) is 0 Å². The Labute approximate surface area is 447 Å². The van der Waals surface area contributed by atoms with Crippen LogP contribution in [0.3, 0.4) is 0 Å². The highest BCUT2D eigenvalue weighted by Crippen LogP contribution is 2.43. The van der Waals surface area contributed by atoms with Crippen LogP contribution in [0.1, 0.15) is 232 Å². The molecule has 2 unspecified atom stereocenters. The van der Waals surface area contributed by atoms with Crippen LogP contribution in [0.25, 0.3) is 0 Å². The van der Waals surface area contributed by atoms with Crippen molar-refractivity contribution in [3.63, 3.8) is 0 Å². The van der Waals surface area contributed by atoms with Crippen molar-refractivity contribution in [1.82, 2.24) is 0 Å². The van der Waals surface area contributed by atoms with E-state index in [1.807, 2.05) is 0 Å². The summed E-state index contributed by atoms with van der Waals surface area (Å²) in [6.45, 7) is 3.59. The SMILES string of the molecule is CC/C=C\C/C=C\C/C=C\C/C=C\C/C=C\C/C=C\C/C=C\CCCCCCCCCC(=O)OC(COC(=O)CCCCCCCCCC/C=C\C/C=C\C/C=C\CCCCCCC)COP(=O)(O)OCCN. The van der Waals surface area contributed by atoms with Crippen molar-refractivity contribution in [1.29, 1.82) is 0 Å². The highest BCUT2D eigenvalue weighted by Gasteiger charge is 2.26. The maximum absolute atomic E-state index is 12.7. The largest absolute Gasteiger partial charge is 0.472 e. The summed E-state index contributed by atoms with van der Waals surface area (Å²) < 4.78 is 33.0. The first-order valence-electron chi connectivity index (χ1n) is 29.0. The van der Waals surface area contributed by atoms with Crippen LogP contribution < -0.4 is 5.73 Å². The van der Waals surface area contributed by atoms with Gasteiger partial charge in [0.15, 0.2) is 6.10 Å². The number of rotatable bonds is 53. The molecule has 73 heavy (non-hydrogen) atoms. The van der Waals surface area contributed by atoms with E-state index in [2.05, 4.69) is 135 Å². The predicted octanol–water partition coefficient (Wildman–Crippen LogP) is 18.4. The van der Waals surface area contributed by atoms with Gasteiger partial charge in [-0.15, -0.1) is 0 Å². The Balaban J connectivity index is 4.08. The Bertz CT molecular complexity index is 1600. The van der Waals surface area contributed by atoms with Crippen molar-refractivity contribution < 1.29 is 37.6 Å². The van der Waals surface area contributed by atoms with Crippen molar-refractivity contribution >= 4 is 19.8 Å². The number of nitrogens with two attached hydrogens (primary N) is 1. The molecule has 9 nitrogen and oxygen atoms in total. The molecule has 0 bridgehead atoms. The third-order valence-corrected chi connectivity index (χ3v) is 12.8. The lowest BCUT2D eigenvalue weighted by molar-refractivity contribution is -0.161. The second-order valence-electron chi connectivity index (χ2n) is 18.8. The molecular formula is C63H106NO8P. The van der Waals surface area contributed by atoms with Gasteiger partial charge in [0.05, 0.1) is 13.2 Å². The molecule has 0 spiro atoms. The summed E-state index contributed by atoms with van der Waals surface area (Å²) in [7, 11) is -4.40. The summed E-state index contributed by atoms with van der Waals surface area (Å²) >= 11 is 0. The van der Waals surface area contributed by atoms with E-state index in [9.17, 15) is 19.0 Å². The smallest absolute Gasteiger partial charge is 0.462 e. The molecule has 0 rings (SSSR count). The van der Waals surface area contributed by atoms with Crippen LogP contribution in [0, 0.1) is 0 Å². The Morgan fingerprint density at radius 1 is 0.425 bits per heavy atom. The number of carbonyl (C=O) groups excluding carboxylic acids is 2. The van der Waals surface area contributed by atoms with E-state index in [1.165, 1.54) is 83.5 Å². The van der Waals surface area contributed by atoms with Gasteiger partial charge in [-0.25, -0.2) is 4.57 Å². The number of esters is 2. The van der Waals surface area contributed by atoms with Gasteiger partial charge in [-0.05, 0) is 109 Å². The van der Waals surface area contributed by atoms with Crippen LogP contribution in [-0.4, -0.2) is 49.3 Å². The Morgan fingerprint density at radius 2 is 0.753 bits per heavy atom. The molecule has 0 aliphatic carbocycles. The number of hydrogen-bond donors (Lipinski definition) is 2. The normalized spacial score (nSPS) is 14.0. The molecule has 10 heteroatoms. The first kappa shape index (κ1) is 69.4. The molecule has 0 aromatic carbocycles. The zero-order valence-corrected chi connectivity index (χ0v) is 47.2. The van der Waals surface area contributed by atoms with Gasteiger partial charge >= 0.3 is 19.8 Å². The number of allylic oxidation sites excluding steroid dienone is 20. The molecule has 0 aromatic rings. The average molecular weight is 1040 g/mol. The molecule has 0 saturated heterocycles. The van der Waals surface area contributed by atoms with E-state index in [-0.39, 0.29) is 32.6 Å². The lowest BCUT2D eigenvalue weighted by atomic mass is 10.1. The molecular weight excluding hydrogens is 930 g/mol. The predicted molar refractivity (Wildman–Crippen MR) is 311 cm³/mol. The molecule has 416 valence electrons. The number of phosphoric acid groups is 1. The summed E-state index contributed by atoms with van der Waals surface area (Å²) in [5.41, 5.74) is 5.38. The third kappa shape index (κ3) is 57.5. The number of phosphoric ester groups is 1. The fourth-order valence-electron chi connectivity index (χ4n) is 7.56. The first-order valence-corrected chi connectivity index (χ1v) is 30.5. The highest BCUT2D eigenvalue weighted by atomic mass is 31.2. The van der Waals surface area contributed by atoms with E-state index < -0.39 is 32.5 Å². The topological polar surface area (TPSA) is 134 Å². The van der Waals surface area contributed by atoms with Crippen LogP contribution in [0.15, 0.2) is 122 Å². The number of hydrogen-bond acceptors (Lipinski definition) is 8. The molecule has 0 amide bonds. The van der Waals surface area contributed by atoms with Crippen molar-refractivity contribution in [2.24, 2.45) is 5.73 Å². The van der Waals surface area contributed by atoms with E-state index in [1.54, 1.807) is 0 Å². The third-order valence-electron chi connectivity index (χ3n) is 11.8. The van der Waals surface area contributed by atoms with Gasteiger partial charge in [0, 0.05) is 19.4 Å². The number of carbonyl (C=O) groups is 2. The molecule has 0 aliphatic heterocycles. The van der Waals surface area contributed by atoms with Crippen molar-refractivity contribution in [2.45, 2.75) is 238 Å². The van der Waals surface area contributed by atoms with Gasteiger partial charge in [0.1, 0.15) is 6.61 Å². The van der Waals surface area contributed by atoms with Crippen LogP contribution in [0.2, 0.25) is 0 Å². The summed E-state index contributed by atoms with van der Waals surface area (Å²) in [6, 6.07) is 0. The molecule has 3 N–H and O–H groups in total. The second-order valence-corrected chi connectivity index (χ2v) is 20.2. The first-order chi connectivity index (χ1) is 35.8. The molecule has 0 heterocycles. The van der Waals surface area contributed by atoms with Gasteiger partial charge < -0.3 is 20.1 Å². The summed E-state index contributed by atoms with van der Waals surface area (Å²) in [6.07, 6.45) is 79.5. The monoisotopic (exact) mass is 1040 g/mol. The Hall–Kier alpha value is -3.59. The standard InChI is InChI=1S/C63H106NO8P/c1-3-5-7-9-11-13-15-17-19-21-23-25-27-28-29-30-31-32-34-36-38-40-42-44-46-48-50-52-54-56-63(66)72-61(60-71-73(67,68)70-58-57-64)59-69-62(65)55-53-51-49-47-45-43-41-39-37-35-33-26-24-22-20-18-16-14-12-10-8-6-4-2/h5,7,11,13,16-19,22-25,28-29,31-33,35-36,38,61H,3-4,6,8-10,12,14-15,20-21,26-27,30,34,37,39-60,64H2,1-2H3,(H,67,68)/b7-5-,13-11-,18-16-,19-17-,24-22-,25-23-,29-28-,32-31-,35-33-,38-36-.